The van der Waals surface area contributed by atoms with Gasteiger partial charge in [0.15, 0.2) is 0 Å². The summed E-state index contributed by atoms with van der Waals surface area (Å²) in [5.41, 5.74) is 9.04. The van der Waals surface area contributed by atoms with Crippen LogP contribution in [0.4, 0.5) is 0 Å². The van der Waals surface area contributed by atoms with Crippen LogP contribution in [0, 0.1) is 0 Å². The zero-order valence-corrected chi connectivity index (χ0v) is 15.7. The van der Waals surface area contributed by atoms with E-state index in [1.807, 2.05) is 0 Å². The van der Waals surface area contributed by atoms with Crippen LogP contribution in [0.25, 0.3) is 11.1 Å². The molecule has 0 nitrogen and oxygen atoms in total. The van der Waals surface area contributed by atoms with Gasteiger partial charge in [0.1, 0.15) is 0 Å². The molecule has 0 saturated carbocycles. The van der Waals surface area contributed by atoms with E-state index in [0.29, 0.717) is 17.8 Å². The molecule has 0 amide bonds. The van der Waals surface area contributed by atoms with E-state index < -0.39 is 0 Å². The second-order valence-electron chi connectivity index (χ2n) is 8.63. The van der Waals surface area contributed by atoms with Crippen molar-refractivity contribution in [1.82, 2.24) is 0 Å². The van der Waals surface area contributed by atoms with E-state index in [-0.39, 0.29) is 5.41 Å². The minimum Gasteiger partial charge on any atom is -0.0587 e. The van der Waals surface area contributed by atoms with Gasteiger partial charge in [-0.25, -0.2) is 0 Å². The largest absolute Gasteiger partial charge is 0.0587 e. The van der Waals surface area contributed by atoms with Crippen molar-refractivity contribution in [2.75, 3.05) is 0 Å². The monoisotopic (exact) mass is 306 g/mol. The maximum Gasteiger partial charge on any atom is -0.0118 e. The van der Waals surface area contributed by atoms with Crippen LogP contribution in [-0.2, 0) is 5.41 Å². The van der Waals surface area contributed by atoms with E-state index >= 15 is 0 Å². The number of benzene rings is 2. The lowest BCUT2D eigenvalue weighted by atomic mass is 9.71. The van der Waals surface area contributed by atoms with Gasteiger partial charge in [-0.15, -0.1) is 0 Å². The standard InChI is InChI=1S/C23H30/c1-14(2)17-8-10-19-20-11-9-18(23(5,6)7)13-22(20)16(4)15(3)21(19)12-17/h8-16H,1-7H3. The van der Waals surface area contributed by atoms with Gasteiger partial charge in [0.2, 0.25) is 0 Å². The van der Waals surface area contributed by atoms with Gasteiger partial charge in [-0.05, 0) is 56.5 Å². The lowest BCUT2D eigenvalue weighted by Gasteiger charge is -2.33. The molecular weight excluding hydrogens is 276 g/mol. The zero-order chi connectivity index (χ0) is 16.9. The average Bonchev–Trinajstić information content (AvgIpc) is 2.50. The van der Waals surface area contributed by atoms with Gasteiger partial charge in [0, 0.05) is 0 Å². The Morgan fingerprint density at radius 1 is 0.783 bits per heavy atom. The summed E-state index contributed by atoms with van der Waals surface area (Å²) in [5, 5.41) is 0. The molecular formula is C23H30. The van der Waals surface area contributed by atoms with E-state index in [4.69, 9.17) is 0 Å². The van der Waals surface area contributed by atoms with Gasteiger partial charge in [0.25, 0.3) is 0 Å². The maximum absolute atomic E-state index is 2.45. The molecule has 1 aliphatic rings. The predicted octanol–water partition coefficient (Wildman–Crippen LogP) is 7.00. The van der Waals surface area contributed by atoms with Crippen molar-refractivity contribution >= 4 is 0 Å². The molecule has 1 aliphatic carbocycles. The summed E-state index contributed by atoms with van der Waals surface area (Å²) in [5.74, 6) is 1.74. The van der Waals surface area contributed by atoms with Crippen molar-refractivity contribution in [3.8, 4) is 11.1 Å². The highest BCUT2D eigenvalue weighted by Crippen LogP contribution is 2.48. The van der Waals surface area contributed by atoms with E-state index in [2.05, 4.69) is 84.9 Å². The highest BCUT2D eigenvalue weighted by Gasteiger charge is 2.29. The number of hydrogen-bond donors (Lipinski definition) is 0. The van der Waals surface area contributed by atoms with Crippen LogP contribution in [0.5, 0.6) is 0 Å². The van der Waals surface area contributed by atoms with E-state index in [1.54, 1.807) is 0 Å². The molecule has 0 heteroatoms. The zero-order valence-electron chi connectivity index (χ0n) is 15.7. The summed E-state index contributed by atoms with van der Waals surface area (Å²) in [4.78, 5) is 0. The summed E-state index contributed by atoms with van der Waals surface area (Å²) < 4.78 is 0. The molecule has 0 bridgehead atoms. The molecule has 0 aromatic heterocycles. The lowest BCUT2D eigenvalue weighted by molar-refractivity contribution is 0.580. The molecule has 122 valence electrons. The smallest absolute Gasteiger partial charge is 0.0118 e. The molecule has 0 N–H and O–H groups in total. The Morgan fingerprint density at radius 3 is 1.83 bits per heavy atom. The molecule has 0 aliphatic heterocycles. The molecule has 2 unspecified atom stereocenters. The Morgan fingerprint density at radius 2 is 1.30 bits per heavy atom. The molecule has 2 aromatic carbocycles. The summed E-state index contributed by atoms with van der Waals surface area (Å²) in [6.07, 6.45) is 0. The summed E-state index contributed by atoms with van der Waals surface area (Å²) >= 11 is 0. The van der Waals surface area contributed by atoms with Gasteiger partial charge in [-0.1, -0.05) is 84.9 Å². The molecule has 2 atom stereocenters. The third-order valence-electron chi connectivity index (χ3n) is 5.68. The van der Waals surface area contributed by atoms with Gasteiger partial charge in [-0.3, -0.25) is 0 Å². The van der Waals surface area contributed by atoms with Crippen LogP contribution in [0.15, 0.2) is 36.4 Å². The van der Waals surface area contributed by atoms with Gasteiger partial charge in [-0.2, -0.15) is 0 Å². The van der Waals surface area contributed by atoms with Crippen LogP contribution >= 0.6 is 0 Å². The Bertz CT molecular complexity index is 728. The highest BCUT2D eigenvalue weighted by molar-refractivity contribution is 5.76. The SMILES string of the molecule is CC(C)c1ccc2c(c1)C(C)C(C)c1cc(C(C)(C)C)ccc1-2. The fourth-order valence-corrected chi connectivity index (χ4v) is 3.75. The predicted molar refractivity (Wildman–Crippen MR) is 101 cm³/mol. The Kier molecular flexibility index (Phi) is 3.91. The Hall–Kier alpha value is -1.56. The van der Waals surface area contributed by atoms with Crippen LogP contribution in [0.3, 0.4) is 0 Å². The highest BCUT2D eigenvalue weighted by atomic mass is 14.3. The van der Waals surface area contributed by atoms with Crippen LogP contribution in [0.2, 0.25) is 0 Å². The molecule has 23 heavy (non-hydrogen) atoms. The van der Waals surface area contributed by atoms with Crippen LogP contribution < -0.4 is 0 Å². The summed E-state index contributed by atoms with van der Waals surface area (Å²) in [6, 6.07) is 14.2. The average molecular weight is 306 g/mol. The summed E-state index contributed by atoms with van der Waals surface area (Å²) in [6.45, 7) is 16.2. The van der Waals surface area contributed by atoms with Crippen molar-refractivity contribution in [3.63, 3.8) is 0 Å². The normalized spacial score (nSPS) is 20.3. The topological polar surface area (TPSA) is 0 Å². The molecule has 0 radical (unpaired) electrons. The summed E-state index contributed by atoms with van der Waals surface area (Å²) in [7, 11) is 0. The Balaban J connectivity index is 2.19. The van der Waals surface area contributed by atoms with Crippen molar-refractivity contribution in [2.45, 2.75) is 71.6 Å². The Labute approximate surface area is 141 Å². The second-order valence-corrected chi connectivity index (χ2v) is 8.63. The quantitative estimate of drug-likeness (QED) is 0.532. The maximum atomic E-state index is 2.45. The van der Waals surface area contributed by atoms with Crippen molar-refractivity contribution < 1.29 is 0 Å². The number of rotatable bonds is 1. The first-order valence-corrected chi connectivity index (χ1v) is 8.98. The number of hydrogen-bond acceptors (Lipinski definition) is 0. The first-order chi connectivity index (χ1) is 10.7. The third kappa shape index (κ3) is 2.73. The molecule has 3 rings (SSSR count). The fraction of sp³-hybridized carbons (Fsp3) is 0.478. The number of fused-ring (bicyclic) bond motifs is 3. The minimum atomic E-state index is 0.208. The lowest BCUT2D eigenvalue weighted by Crippen LogP contribution is -2.17. The van der Waals surface area contributed by atoms with Gasteiger partial charge < -0.3 is 0 Å². The van der Waals surface area contributed by atoms with E-state index in [9.17, 15) is 0 Å². The van der Waals surface area contributed by atoms with Crippen LogP contribution in [0.1, 0.15) is 88.5 Å². The fourth-order valence-electron chi connectivity index (χ4n) is 3.75. The second kappa shape index (κ2) is 5.51. The molecule has 0 spiro atoms. The van der Waals surface area contributed by atoms with E-state index in [1.165, 1.54) is 33.4 Å². The van der Waals surface area contributed by atoms with Crippen molar-refractivity contribution in [3.05, 3.63) is 58.7 Å². The van der Waals surface area contributed by atoms with E-state index in [0.717, 1.165) is 0 Å². The molecule has 0 fully saturated rings. The minimum absolute atomic E-state index is 0.208. The van der Waals surface area contributed by atoms with Gasteiger partial charge in [0.05, 0.1) is 0 Å². The van der Waals surface area contributed by atoms with Crippen LogP contribution in [-0.4, -0.2) is 0 Å². The third-order valence-corrected chi connectivity index (χ3v) is 5.68. The van der Waals surface area contributed by atoms with Gasteiger partial charge >= 0.3 is 0 Å². The molecule has 0 saturated heterocycles. The van der Waals surface area contributed by atoms with Crippen molar-refractivity contribution in [1.29, 1.82) is 0 Å². The molecule has 0 heterocycles. The first-order valence-electron chi connectivity index (χ1n) is 8.98. The van der Waals surface area contributed by atoms with Crippen molar-refractivity contribution in [2.24, 2.45) is 0 Å². The first kappa shape index (κ1) is 16.3. The molecule has 2 aromatic rings.